The van der Waals surface area contributed by atoms with E-state index in [0.29, 0.717) is 18.2 Å². The number of nitrogens with zero attached hydrogens (tertiary/aromatic N) is 1. The molecule has 0 bridgehead atoms. The van der Waals surface area contributed by atoms with Gasteiger partial charge in [0, 0.05) is 18.2 Å². The lowest BCUT2D eigenvalue weighted by atomic mass is 10.0. The van der Waals surface area contributed by atoms with Gasteiger partial charge in [-0.1, -0.05) is 50.2 Å². The molecule has 0 fully saturated rings. The van der Waals surface area contributed by atoms with Gasteiger partial charge in [-0.15, -0.1) is 0 Å². The lowest BCUT2D eigenvalue weighted by Crippen LogP contribution is -2.41. The Kier molecular flexibility index (Phi) is 7.16. The van der Waals surface area contributed by atoms with Crippen LogP contribution < -0.4 is 5.32 Å². The predicted octanol–water partition coefficient (Wildman–Crippen LogP) is 3.31. The van der Waals surface area contributed by atoms with Gasteiger partial charge in [0.1, 0.15) is 0 Å². The molecule has 0 spiro atoms. The molecule has 1 amide bonds. The van der Waals surface area contributed by atoms with E-state index < -0.39 is 0 Å². The molecule has 1 atom stereocenters. The van der Waals surface area contributed by atoms with Crippen LogP contribution in [0.2, 0.25) is 0 Å². The largest absolute Gasteiger partial charge is 0.392 e. The van der Waals surface area contributed by atoms with Crippen LogP contribution in [-0.4, -0.2) is 42.1 Å². The minimum absolute atomic E-state index is 0.0369. The number of benzene rings is 2. The Bertz CT molecular complexity index is 665. The summed E-state index contributed by atoms with van der Waals surface area (Å²) in [6, 6.07) is 15.8. The van der Waals surface area contributed by atoms with Gasteiger partial charge in [0.05, 0.1) is 6.61 Å². The van der Waals surface area contributed by atoms with Crippen molar-refractivity contribution >= 4 is 5.91 Å². The zero-order chi connectivity index (χ0) is 18.2. The van der Waals surface area contributed by atoms with Gasteiger partial charge in [0.15, 0.2) is 0 Å². The van der Waals surface area contributed by atoms with Crippen LogP contribution in [0.25, 0.3) is 11.1 Å². The third-order valence-corrected chi connectivity index (χ3v) is 4.71. The summed E-state index contributed by atoms with van der Waals surface area (Å²) in [5, 5.41) is 12.1. The van der Waals surface area contributed by atoms with Crippen LogP contribution in [0.5, 0.6) is 0 Å². The SMILES string of the molecule is CC[C@@H](CNC(=O)c1ccc(-c2ccc(CO)cc2)cc1)N(C)CC. The fraction of sp³-hybridized carbons (Fsp3) is 0.381. The topological polar surface area (TPSA) is 52.6 Å². The fourth-order valence-electron chi connectivity index (χ4n) is 2.80. The summed E-state index contributed by atoms with van der Waals surface area (Å²) in [6.07, 6.45) is 1.01. The summed E-state index contributed by atoms with van der Waals surface area (Å²) < 4.78 is 0. The van der Waals surface area contributed by atoms with Crippen molar-refractivity contribution in [3.05, 3.63) is 59.7 Å². The third kappa shape index (κ3) is 5.15. The fourth-order valence-corrected chi connectivity index (χ4v) is 2.80. The molecule has 0 aliphatic carbocycles. The zero-order valence-corrected chi connectivity index (χ0v) is 15.3. The molecule has 2 aromatic rings. The van der Waals surface area contributed by atoms with Crippen LogP contribution in [-0.2, 0) is 6.61 Å². The first-order chi connectivity index (χ1) is 12.1. The quantitative estimate of drug-likeness (QED) is 0.775. The zero-order valence-electron chi connectivity index (χ0n) is 15.3. The van der Waals surface area contributed by atoms with Gasteiger partial charge in [-0.2, -0.15) is 0 Å². The summed E-state index contributed by atoms with van der Waals surface area (Å²) in [5.41, 5.74) is 3.69. The number of carbonyl (C=O) groups is 1. The molecular weight excluding hydrogens is 312 g/mol. The molecule has 25 heavy (non-hydrogen) atoms. The Morgan fingerprint density at radius 1 is 1.04 bits per heavy atom. The second-order valence-corrected chi connectivity index (χ2v) is 6.28. The highest BCUT2D eigenvalue weighted by Gasteiger charge is 2.13. The van der Waals surface area contributed by atoms with E-state index in [1.807, 2.05) is 48.5 Å². The molecule has 2 aromatic carbocycles. The summed E-state index contributed by atoms with van der Waals surface area (Å²) >= 11 is 0. The van der Waals surface area contributed by atoms with Gasteiger partial charge in [-0.25, -0.2) is 0 Å². The third-order valence-electron chi connectivity index (χ3n) is 4.71. The Morgan fingerprint density at radius 3 is 2.08 bits per heavy atom. The average Bonchev–Trinajstić information content (AvgIpc) is 2.68. The average molecular weight is 340 g/mol. The number of hydrogen-bond donors (Lipinski definition) is 2. The molecule has 2 N–H and O–H groups in total. The molecule has 4 nitrogen and oxygen atoms in total. The van der Waals surface area contributed by atoms with Crippen molar-refractivity contribution < 1.29 is 9.90 Å². The highest BCUT2D eigenvalue weighted by molar-refractivity contribution is 5.94. The maximum atomic E-state index is 12.3. The highest BCUT2D eigenvalue weighted by atomic mass is 16.3. The Labute approximate surface area is 150 Å². The van der Waals surface area contributed by atoms with Gasteiger partial charge in [-0.05, 0) is 48.8 Å². The molecule has 0 aliphatic heterocycles. The smallest absolute Gasteiger partial charge is 0.251 e. The molecule has 0 aromatic heterocycles. The van der Waals surface area contributed by atoms with Crippen molar-refractivity contribution in [2.75, 3.05) is 20.1 Å². The molecule has 0 saturated carbocycles. The normalized spacial score (nSPS) is 12.2. The number of aliphatic hydroxyl groups is 1. The lowest BCUT2D eigenvalue weighted by molar-refractivity contribution is 0.0938. The Hall–Kier alpha value is -2.17. The summed E-state index contributed by atoms with van der Waals surface area (Å²) in [4.78, 5) is 14.6. The van der Waals surface area contributed by atoms with Gasteiger partial charge in [-0.3, -0.25) is 4.79 Å². The van der Waals surface area contributed by atoms with E-state index in [4.69, 9.17) is 5.11 Å². The maximum Gasteiger partial charge on any atom is 0.251 e. The monoisotopic (exact) mass is 340 g/mol. The molecule has 0 aliphatic rings. The molecule has 0 saturated heterocycles. The predicted molar refractivity (Wildman–Crippen MR) is 103 cm³/mol. The second-order valence-electron chi connectivity index (χ2n) is 6.28. The molecule has 0 unspecified atom stereocenters. The van der Waals surface area contributed by atoms with Crippen molar-refractivity contribution in [1.82, 2.24) is 10.2 Å². The molecular formula is C21H28N2O2. The van der Waals surface area contributed by atoms with Crippen LogP contribution >= 0.6 is 0 Å². The number of aliphatic hydroxyl groups excluding tert-OH is 1. The van der Waals surface area contributed by atoms with Crippen molar-refractivity contribution in [3.63, 3.8) is 0 Å². The van der Waals surface area contributed by atoms with E-state index in [-0.39, 0.29) is 12.5 Å². The van der Waals surface area contributed by atoms with Crippen molar-refractivity contribution in [3.8, 4) is 11.1 Å². The van der Waals surface area contributed by atoms with Crippen LogP contribution in [0.1, 0.15) is 36.2 Å². The number of likely N-dealkylation sites (N-methyl/N-ethyl adjacent to an activating group) is 1. The minimum atomic E-state index is -0.0369. The first-order valence-electron chi connectivity index (χ1n) is 8.87. The molecule has 2 rings (SSSR count). The number of amides is 1. The number of hydrogen-bond acceptors (Lipinski definition) is 3. The Balaban J connectivity index is 1.99. The van der Waals surface area contributed by atoms with Crippen LogP contribution in [0.15, 0.2) is 48.5 Å². The summed E-state index contributed by atoms with van der Waals surface area (Å²) in [5.74, 6) is -0.0369. The van der Waals surface area contributed by atoms with Crippen molar-refractivity contribution in [1.29, 1.82) is 0 Å². The second kappa shape index (κ2) is 9.35. The number of nitrogens with one attached hydrogen (secondary N) is 1. The molecule has 0 radical (unpaired) electrons. The first kappa shape index (κ1) is 19.2. The van der Waals surface area contributed by atoms with Gasteiger partial charge >= 0.3 is 0 Å². The van der Waals surface area contributed by atoms with E-state index in [1.165, 1.54) is 0 Å². The van der Waals surface area contributed by atoms with E-state index in [1.54, 1.807) is 0 Å². The number of rotatable bonds is 8. The molecule has 0 heterocycles. The van der Waals surface area contributed by atoms with Crippen LogP contribution in [0.3, 0.4) is 0 Å². The van der Waals surface area contributed by atoms with Gasteiger partial charge in [0.2, 0.25) is 0 Å². The van der Waals surface area contributed by atoms with Crippen molar-refractivity contribution in [2.24, 2.45) is 0 Å². The van der Waals surface area contributed by atoms with Gasteiger partial charge in [0.25, 0.3) is 5.91 Å². The van der Waals surface area contributed by atoms with E-state index in [0.717, 1.165) is 29.7 Å². The van der Waals surface area contributed by atoms with E-state index >= 15 is 0 Å². The maximum absolute atomic E-state index is 12.3. The highest BCUT2D eigenvalue weighted by Crippen LogP contribution is 2.20. The summed E-state index contributed by atoms with van der Waals surface area (Å²) in [7, 11) is 2.08. The van der Waals surface area contributed by atoms with Crippen LogP contribution in [0, 0.1) is 0 Å². The minimum Gasteiger partial charge on any atom is -0.392 e. The standard InChI is InChI=1S/C21H28N2O2/c1-4-20(23(3)5-2)14-22-21(25)19-12-10-18(11-13-19)17-8-6-16(15-24)7-9-17/h6-13,20,24H,4-5,14-15H2,1-3H3,(H,22,25)/t20-/m0/s1. The molecule has 4 heteroatoms. The first-order valence-corrected chi connectivity index (χ1v) is 8.87. The van der Waals surface area contributed by atoms with Crippen LogP contribution in [0.4, 0.5) is 0 Å². The lowest BCUT2D eigenvalue weighted by Gasteiger charge is -2.25. The molecule has 134 valence electrons. The van der Waals surface area contributed by atoms with E-state index in [9.17, 15) is 4.79 Å². The van der Waals surface area contributed by atoms with Gasteiger partial charge < -0.3 is 15.3 Å². The summed E-state index contributed by atoms with van der Waals surface area (Å²) in [6.45, 7) is 5.93. The Morgan fingerprint density at radius 2 is 1.60 bits per heavy atom. The number of carbonyl (C=O) groups excluding carboxylic acids is 1. The van der Waals surface area contributed by atoms with E-state index in [2.05, 4.69) is 31.1 Å². The van der Waals surface area contributed by atoms with Crippen molar-refractivity contribution in [2.45, 2.75) is 32.9 Å².